The summed E-state index contributed by atoms with van der Waals surface area (Å²) < 4.78 is 10.1. The molecule has 0 saturated heterocycles. The number of esters is 1. The molecule has 72 valence electrons. The zero-order chi connectivity index (χ0) is 9.90. The van der Waals surface area contributed by atoms with Crippen molar-refractivity contribution in [2.45, 2.75) is 26.2 Å². The van der Waals surface area contributed by atoms with Crippen molar-refractivity contribution in [2.75, 3.05) is 6.61 Å². The fourth-order valence-corrected chi connectivity index (χ4v) is 1.05. The lowest BCUT2D eigenvalue weighted by atomic mass is 9.91. The Morgan fingerprint density at radius 2 is 2.31 bits per heavy atom. The fraction of sp³-hybridized carbons (Fsp3) is 0.500. The molecule has 0 N–H and O–H groups in total. The van der Waals surface area contributed by atoms with Crippen LogP contribution in [-0.2, 0) is 14.9 Å². The summed E-state index contributed by atoms with van der Waals surface area (Å²) in [6, 6.07) is 3.53. The minimum atomic E-state index is -0.695. The van der Waals surface area contributed by atoms with Gasteiger partial charge in [0.05, 0.1) is 12.9 Å². The van der Waals surface area contributed by atoms with Crippen LogP contribution in [-0.4, -0.2) is 12.6 Å². The van der Waals surface area contributed by atoms with E-state index in [2.05, 4.69) is 0 Å². The van der Waals surface area contributed by atoms with Crippen molar-refractivity contribution < 1.29 is 13.9 Å². The molecule has 1 aromatic rings. The van der Waals surface area contributed by atoms with Crippen LogP contribution in [0.5, 0.6) is 0 Å². The number of rotatable bonds is 3. The Hall–Kier alpha value is -1.25. The monoisotopic (exact) mass is 182 g/mol. The van der Waals surface area contributed by atoms with Crippen molar-refractivity contribution in [3.05, 3.63) is 24.2 Å². The molecule has 0 aliphatic rings. The van der Waals surface area contributed by atoms with Crippen molar-refractivity contribution in [1.82, 2.24) is 0 Å². The van der Waals surface area contributed by atoms with Crippen molar-refractivity contribution in [2.24, 2.45) is 0 Å². The average molecular weight is 182 g/mol. The molecule has 13 heavy (non-hydrogen) atoms. The van der Waals surface area contributed by atoms with Gasteiger partial charge in [-0.3, -0.25) is 4.79 Å². The number of carbonyl (C=O) groups is 1. The molecule has 0 saturated carbocycles. The predicted octanol–water partition coefficient (Wildman–Crippen LogP) is 2.12. The van der Waals surface area contributed by atoms with E-state index in [1.165, 1.54) is 0 Å². The molecule has 0 spiro atoms. The topological polar surface area (TPSA) is 39.4 Å². The van der Waals surface area contributed by atoms with Crippen LogP contribution in [0.3, 0.4) is 0 Å². The van der Waals surface area contributed by atoms with Gasteiger partial charge >= 0.3 is 5.97 Å². The van der Waals surface area contributed by atoms with E-state index in [0.717, 1.165) is 0 Å². The first-order chi connectivity index (χ1) is 6.09. The number of furan rings is 1. The van der Waals surface area contributed by atoms with Gasteiger partial charge in [-0.15, -0.1) is 0 Å². The van der Waals surface area contributed by atoms with Gasteiger partial charge in [0.25, 0.3) is 0 Å². The summed E-state index contributed by atoms with van der Waals surface area (Å²) in [5.41, 5.74) is -0.695. The number of carbonyl (C=O) groups excluding carboxylic acids is 1. The molecule has 0 aliphatic carbocycles. The molecular formula is C10H14O3. The summed E-state index contributed by atoms with van der Waals surface area (Å²) in [5.74, 6) is 0.371. The summed E-state index contributed by atoms with van der Waals surface area (Å²) in [6.45, 7) is 5.74. The Balaban J connectivity index is 2.82. The van der Waals surface area contributed by atoms with E-state index in [0.29, 0.717) is 12.4 Å². The molecule has 1 aromatic heterocycles. The van der Waals surface area contributed by atoms with Crippen molar-refractivity contribution in [3.63, 3.8) is 0 Å². The summed E-state index contributed by atoms with van der Waals surface area (Å²) in [4.78, 5) is 11.5. The SMILES string of the molecule is CCOC(=O)C(C)(C)c1ccco1. The molecule has 3 heteroatoms. The fourth-order valence-electron chi connectivity index (χ4n) is 1.05. The van der Waals surface area contributed by atoms with Gasteiger partial charge < -0.3 is 9.15 Å². The van der Waals surface area contributed by atoms with Crippen LogP contribution in [0.15, 0.2) is 22.8 Å². The maximum atomic E-state index is 11.5. The van der Waals surface area contributed by atoms with E-state index in [1.807, 2.05) is 0 Å². The van der Waals surface area contributed by atoms with Crippen LogP contribution in [0.25, 0.3) is 0 Å². The maximum absolute atomic E-state index is 11.5. The zero-order valence-electron chi connectivity index (χ0n) is 8.16. The average Bonchev–Trinajstić information content (AvgIpc) is 2.56. The van der Waals surface area contributed by atoms with Crippen LogP contribution in [0, 0.1) is 0 Å². The van der Waals surface area contributed by atoms with Crippen LogP contribution in [0.2, 0.25) is 0 Å². The normalized spacial score (nSPS) is 11.3. The summed E-state index contributed by atoms with van der Waals surface area (Å²) >= 11 is 0. The summed E-state index contributed by atoms with van der Waals surface area (Å²) in [7, 11) is 0. The highest BCUT2D eigenvalue weighted by Crippen LogP contribution is 2.24. The van der Waals surface area contributed by atoms with E-state index < -0.39 is 5.41 Å². The molecule has 0 aromatic carbocycles. The standard InChI is InChI=1S/C10H14O3/c1-4-12-9(11)10(2,3)8-6-5-7-13-8/h5-7H,4H2,1-3H3. The molecule has 0 aliphatic heterocycles. The maximum Gasteiger partial charge on any atom is 0.319 e. The Labute approximate surface area is 77.7 Å². The van der Waals surface area contributed by atoms with Gasteiger partial charge in [-0.25, -0.2) is 0 Å². The molecule has 3 nitrogen and oxygen atoms in total. The van der Waals surface area contributed by atoms with E-state index in [1.54, 1.807) is 39.2 Å². The molecule has 0 bridgehead atoms. The van der Waals surface area contributed by atoms with E-state index in [9.17, 15) is 4.79 Å². The van der Waals surface area contributed by atoms with Crippen molar-refractivity contribution in [3.8, 4) is 0 Å². The number of hydrogen-bond acceptors (Lipinski definition) is 3. The Morgan fingerprint density at radius 1 is 1.62 bits per heavy atom. The molecule has 0 fully saturated rings. The largest absolute Gasteiger partial charge is 0.468 e. The summed E-state index contributed by atoms with van der Waals surface area (Å²) in [6.07, 6.45) is 1.55. The second kappa shape index (κ2) is 3.64. The van der Waals surface area contributed by atoms with Gasteiger partial charge in [-0.1, -0.05) is 0 Å². The predicted molar refractivity (Wildman–Crippen MR) is 48.4 cm³/mol. The Morgan fingerprint density at radius 3 is 2.77 bits per heavy atom. The molecule has 0 atom stereocenters. The highest BCUT2D eigenvalue weighted by atomic mass is 16.5. The van der Waals surface area contributed by atoms with Crippen molar-refractivity contribution in [1.29, 1.82) is 0 Å². The molecule has 0 radical (unpaired) electrons. The minimum Gasteiger partial charge on any atom is -0.468 e. The van der Waals surface area contributed by atoms with Crippen LogP contribution in [0.4, 0.5) is 0 Å². The van der Waals surface area contributed by atoms with Gasteiger partial charge in [0.15, 0.2) is 0 Å². The van der Waals surface area contributed by atoms with E-state index >= 15 is 0 Å². The Kier molecular flexibility index (Phi) is 2.76. The molecular weight excluding hydrogens is 168 g/mol. The van der Waals surface area contributed by atoms with Gasteiger partial charge in [0.1, 0.15) is 11.2 Å². The second-order valence-corrected chi connectivity index (χ2v) is 3.32. The smallest absolute Gasteiger partial charge is 0.319 e. The first-order valence-corrected chi connectivity index (χ1v) is 4.30. The molecule has 1 rings (SSSR count). The van der Waals surface area contributed by atoms with Gasteiger partial charge in [0, 0.05) is 0 Å². The molecule has 0 unspecified atom stereocenters. The van der Waals surface area contributed by atoms with Gasteiger partial charge in [-0.05, 0) is 32.9 Å². The van der Waals surface area contributed by atoms with Gasteiger partial charge in [0.2, 0.25) is 0 Å². The van der Waals surface area contributed by atoms with Crippen LogP contribution in [0.1, 0.15) is 26.5 Å². The number of hydrogen-bond donors (Lipinski definition) is 0. The highest BCUT2D eigenvalue weighted by Gasteiger charge is 2.33. The zero-order valence-corrected chi connectivity index (χ0v) is 8.16. The van der Waals surface area contributed by atoms with Crippen molar-refractivity contribution >= 4 is 5.97 Å². The highest BCUT2D eigenvalue weighted by molar-refractivity contribution is 5.81. The molecule has 1 heterocycles. The van der Waals surface area contributed by atoms with E-state index in [4.69, 9.17) is 9.15 Å². The third kappa shape index (κ3) is 1.91. The number of ether oxygens (including phenoxy) is 1. The van der Waals surface area contributed by atoms with E-state index in [-0.39, 0.29) is 5.97 Å². The van der Waals surface area contributed by atoms with Gasteiger partial charge in [-0.2, -0.15) is 0 Å². The van der Waals surface area contributed by atoms with Crippen LogP contribution < -0.4 is 0 Å². The third-order valence-electron chi connectivity index (χ3n) is 1.92. The Bertz CT molecular complexity index is 272. The lowest BCUT2D eigenvalue weighted by Gasteiger charge is -2.19. The summed E-state index contributed by atoms with van der Waals surface area (Å²) in [5, 5.41) is 0. The lowest BCUT2D eigenvalue weighted by Crippen LogP contribution is -2.30. The third-order valence-corrected chi connectivity index (χ3v) is 1.92. The quantitative estimate of drug-likeness (QED) is 0.672. The first kappa shape index (κ1) is 9.84. The molecule has 0 amide bonds. The van der Waals surface area contributed by atoms with Crippen LogP contribution >= 0.6 is 0 Å². The first-order valence-electron chi connectivity index (χ1n) is 4.30. The second-order valence-electron chi connectivity index (χ2n) is 3.32. The minimum absolute atomic E-state index is 0.259. The lowest BCUT2D eigenvalue weighted by molar-refractivity contribution is -0.149.